The average molecular weight is 395 g/mol. The van der Waals surface area contributed by atoms with Crippen molar-refractivity contribution >= 4 is 16.8 Å². The predicted molar refractivity (Wildman–Crippen MR) is 109 cm³/mol. The van der Waals surface area contributed by atoms with Crippen molar-refractivity contribution in [3.05, 3.63) is 52.7 Å². The number of fused-ring (bicyclic) bond motifs is 2. The van der Waals surface area contributed by atoms with Crippen LogP contribution in [0.15, 0.2) is 30.3 Å². The summed E-state index contributed by atoms with van der Waals surface area (Å²) in [5, 5.41) is 27.5. The van der Waals surface area contributed by atoms with E-state index in [9.17, 15) is 9.90 Å². The van der Waals surface area contributed by atoms with E-state index in [0.29, 0.717) is 24.4 Å². The fraction of sp³-hybridized carbons (Fsp3) is 0.364. The predicted octanol–water partition coefficient (Wildman–Crippen LogP) is 3.14. The molecule has 7 heteroatoms. The number of aromatic nitrogens is 2. The standard InChI is InChI=1S/C22H25N3O4/c1-2-3-4-19-17-10-18(21(27)11-20(17)24-23-19)22(28)25-12-14-5-6-16(29-8-7-26)9-15(14)13-25/h5-6,9-11,26-27H,2-4,7-8,12-13H2,1H3,(H,23,24). The number of aromatic amines is 1. The monoisotopic (exact) mass is 395 g/mol. The Morgan fingerprint density at radius 3 is 2.86 bits per heavy atom. The maximum Gasteiger partial charge on any atom is 0.258 e. The Hall–Kier alpha value is -3.06. The number of carbonyl (C=O) groups excluding carboxylic acids is 1. The van der Waals surface area contributed by atoms with E-state index >= 15 is 0 Å². The number of carbonyl (C=O) groups is 1. The summed E-state index contributed by atoms with van der Waals surface area (Å²) in [4.78, 5) is 14.9. The maximum absolute atomic E-state index is 13.2. The number of benzene rings is 2. The fourth-order valence-corrected chi connectivity index (χ4v) is 3.75. The Labute approximate surface area is 168 Å². The molecule has 152 valence electrons. The number of aryl methyl sites for hydroxylation is 1. The van der Waals surface area contributed by atoms with E-state index in [2.05, 4.69) is 17.1 Å². The normalized spacial score (nSPS) is 13.1. The number of phenols is 1. The number of aromatic hydroxyl groups is 1. The Balaban J connectivity index is 1.57. The summed E-state index contributed by atoms with van der Waals surface area (Å²) in [7, 11) is 0. The first kappa shape index (κ1) is 19.3. The number of aliphatic hydroxyl groups excluding tert-OH is 1. The molecule has 1 aromatic heterocycles. The molecule has 0 saturated carbocycles. The molecule has 1 amide bonds. The molecular formula is C22H25N3O4. The second-order valence-corrected chi connectivity index (χ2v) is 7.35. The van der Waals surface area contributed by atoms with Gasteiger partial charge >= 0.3 is 0 Å². The van der Waals surface area contributed by atoms with Crippen LogP contribution in [-0.2, 0) is 19.5 Å². The number of ether oxygens (including phenoxy) is 1. The average Bonchev–Trinajstić information content (AvgIpc) is 3.32. The summed E-state index contributed by atoms with van der Waals surface area (Å²) in [6.07, 6.45) is 2.92. The van der Waals surface area contributed by atoms with Crippen LogP contribution in [0.5, 0.6) is 11.5 Å². The highest BCUT2D eigenvalue weighted by atomic mass is 16.5. The third kappa shape index (κ3) is 3.78. The van der Waals surface area contributed by atoms with Crippen LogP contribution >= 0.6 is 0 Å². The third-order valence-electron chi connectivity index (χ3n) is 5.30. The summed E-state index contributed by atoms with van der Waals surface area (Å²) >= 11 is 0. The first-order chi connectivity index (χ1) is 14.1. The lowest BCUT2D eigenvalue weighted by Gasteiger charge is -2.16. The van der Waals surface area contributed by atoms with Gasteiger partial charge in [-0.25, -0.2) is 0 Å². The second-order valence-electron chi connectivity index (χ2n) is 7.35. The number of amides is 1. The van der Waals surface area contributed by atoms with Crippen molar-refractivity contribution < 1.29 is 19.7 Å². The maximum atomic E-state index is 13.2. The SMILES string of the molecule is CCCCc1n[nH]c2cc(O)c(C(=O)N3Cc4ccc(OCCO)cc4C3)cc12. The van der Waals surface area contributed by atoms with Gasteiger partial charge in [0.2, 0.25) is 0 Å². The molecule has 0 radical (unpaired) electrons. The molecule has 0 spiro atoms. The smallest absolute Gasteiger partial charge is 0.258 e. The van der Waals surface area contributed by atoms with Gasteiger partial charge in [0.1, 0.15) is 18.1 Å². The molecule has 3 N–H and O–H groups in total. The number of nitrogens with one attached hydrogen (secondary N) is 1. The minimum atomic E-state index is -0.207. The first-order valence-electron chi connectivity index (χ1n) is 9.95. The summed E-state index contributed by atoms with van der Waals surface area (Å²) in [5.74, 6) is 0.424. The van der Waals surface area contributed by atoms with Crippen LogP contribution < -0.4 is 4.74 Å². The van der Waals surface area contributed by atoms with E-state index < -0.39 is 0 Å². The Morgan fingerprint density at radius 2 is 2.07 bits per heavy atom. The van der Waals surface area contributed by atoms with E-state index in [-0.39, 0.29) is 24.9 Å². The summed E-state index contributed by atoms with van der Waals surface area (Å²) in [6.45, 7) is 3.26. The minimum absolute atomic E-state index is 0.0439. The zero-order valence-corrected chi connectivity index (χ0v) is 16.4. The number of hydrogen-bond acceptors (Lipinski definition) is 5. The van der Waals surface area contributed by atoms with Gasteiger partial charge in [-0.2, -0.15) is 5.10 Å². The summed E-state index contributed by atoms with van der Waals surface area (Å²) < 4.78 is 5.46. The number of hydrogen-bond donors (Lipinski definition) is 3. The lowest BCUT2D eigenvalue weighted by atomic mass is 10.1. The van der Waals surface area contributed by atoms with Gasteiger partial charge in [0, 0.05) is 24.5 Å². The highest BCUT2D eigenvalue weighted by Crippen LogP contribution is 2.32. The van der Waals surface area contributed by atoms with Crippen LogP contribution in [0.4, 0.5) is 0 Å². The van der Waals surface area contributed by atoms with Gasteiger partial charge in [0.25, 0.3) is 5.91 Å². The second kappa shape index (κ2) is 8.13. The lowest BCUT2D eigenvalue weighted by molar-refractivity contribution is 0.0748. The van der Waals surface area contributed by atoms with Crippen molar-refractivity contribution in [3.63, 3.8) is 0 Å². The molecule has 4 rings (SSSR count). The van der Waals surface area contributed by atoms with Crippen LogP contribution in [-0.4, -0.2) is 44.4 Å². The first-order valence-corrected chi connectivity index (χ1v) is 9.95. The molecule has 29 heavy (non-hydrogen) atoms. The van der Waals surface area contributed by atoms with Crippen molar-refractivity contribution in [2.45, 2.75) is 39.3 Å². The van der Waals surface area contributed by atoms with E-state index in [1.54, 1.807) is 17.0 Å². The van der Waals surface area contributed by atoms with Gasteiger partial charge in [0.15, 0.2) is 0 Å². The molecule has 0 bridgehead atoms. The zero-order chi connectivity index (χ0) is 20.4. The summed E-state index contributed by atoms with van der Waals surface area (Å²) in [6, 6.07) is 9.02. The molecule has 0 saturated heterocycles. The quantitative estimate of drug-likeness (QED) is 0.571. The molecule has 1 aliphatic rings. The van der Waals surface area contributed by atoms with Crippen LogP contribution in [0.3, 0.4) is 0 Å². The Morgan fingerprint density at radius 1 is 1.24 bits per heavy atom. The van der Waals surface area contributed by atoms with Crippen molar-refractivity contribution in [3.8, 4) is 11.5 Å². The van der Waals surface area contributed by atoms with Crippen LogP contribution in [0.2, 0.25) is 0 Å². The molecule has 0 fully saturated rings. The summed E-state index contributed by atoms with van der Waals surface area (Å²) in [5.41, 5.74) is 4.02. The van der Waals surface area contributed by atoms with Crippen LogP contribution in [0, 0.1) is 0 Å². The number of unbranched alkanes of at least 4 members (excludes halogenated alkanes) is 1. The molecule has 7 nitrogen and oxygen atoms in total. The molecular weight excluding hydrogens is 370 g/mol. The highest BCUT2D eigenvalue weighted by molar-refractivity contribution is 6.01. The molecule has 0 unspecified atom stereocenters. The third-order valence-corrected chi connectivity index (χ3v) is 5.30. The lowest BCUT2D eigenvalue weighted by Crippen LogP contribution is -2.25. The largest absolute Gasteiger partial charge is 0.507 e. The minimum Gasteiger partial charge on any atom is -0.507 e. The number of H-pyrrole nitrogens is 1. The zero-order valence-electron chi connectivity index (χ0n) is 16.4. The molecule has 3 aromatic rings. The van der Waals surface area contributed by atoms with Gasteiger partial charge in [-0.15, -0.1) is 0 Å². The number of phenolic OH excluding ortho intramolecular Hbond substituents is 1. The van der Waals surface area contributed by atoms with Crippen LogP contribution in [0.25, 0.3) is 10.9 Å². The Bertz CT molecular complexity index is 1040. The number of aliphatic hydroxyl groups is 1. The van der Waals surface area contributed by atoms with Gasteiger partial charge < -0.3 is 19.8 Å². The van der Waals surface area contributed by atoms with Crippen molar-refractivity contribution in [2.75, 3.05) is 13.2 Å². The van der Waals surface area contributed by atoms with E-state index in [1.807, 2.05) is 18.2 Å². The van der Waals surface area contributed by atoms with E-state index in [4.69, 9.17) is 9.84 Å². The molecule has 2 aromatic carbocycles. The van der Waals surface area contributed by atoms with Gasteiger partial charge in [-0.05, 0) is 42.2 Å². The van der Waals surface area contributed by atoms with E-state index in [1.165, 1.54) is 0 Å². The van der Waals surface area contributed by atoms with Crippen molar-refractivity contribution in [1.29, 1.82) is 0 Å². The van der Waals surface area contributed by atoms with Gasteiger partial charge in [-0.3, -0.25) is 9.89 Å². The van der Waals surface area contributed by atoms with Crippen molar-refractivity contribution in [1.82, 2.24) is 15.1 Å². The number of rotatable bonds is 7. The molecule has 0 aliphatic carbocycles. The topological polar surface area (TPSA) is 98.7 Å². The highest BCUT2D eigenvalue weighted by Gasteiger charge is 2.27. The molecule has 2 heterocycles. The van der Waals surface area contributed by atoms with Crippen LogP contribution in [0.1, 0.15) is 46.9 Å². The fourth-order valence-electron chi connectivity index (χ4n) is 3.75. The van der Waals surface area contributed by atoms with Gasteiger partial charge in [0.05, 0.1) is 23.4 Å². The van der Waals surface area contributed by atoms with Crippen molar-refractivity contribution in [2.24, 2.45) is 0 Å². The molecule has 0 atom stereocenters. The Kier molecular flexibility index (Phi) is 5.40. The van der Waals surface area contributed by atoms with E-state index in [0.717, 1.165) is 47.0 Å². The van der Waals surface area contributed by atoms with Gasteiger partial charge in [-0.1, -0.05) is 19.4 Å². The number of nitrogens with zero attached hydrogens (tertiary/aromatic N) is 2. The molecule has 1 aliphatic heterocycles.